The van der Waals surface area contributed by atoms with Gasteiger partial charge in [0.25, 0.3) is 5.91 Å². The Morgan fingerprint density at radius 1 is 1.04 bits per heavy atom. The summed E-state index contributed by atoms with van der Waals surface area (Å²) in [6, 6.07) is 8.71. The molecular formula is C22H32N2O4. The van der Waals surface area contributed by atoms with E-state index in [9.17, 15) is 14.4 Å². The van der Waals surface area contributed by atoms with Gasteiger partial charge in [0.1, 0.15) is 6.04 Å². The van der Waals surface area contributed by atoms with Gasteiger partial charge < -0.3 is 15.4 Å². The second-order valence-corrected chi connectivity index (χ2v) is 7.87. The number of esters is 1. The first kappa shape index (κ1) is 21.9. The highest BCUT2D eigenvalue weighted by Crippen LogP contribution is 2.17. The number of ether oxygens (including phenoxy) is 1. The van der Waals surface area contributed by atoms with Crippen LogP contribution < -0.4 is 10.6 Å². The first-order chi connectivity index (χ1) is 13.4. The largest absolute Gasteiger partial charge is 0.451 e. The van der Waals surface area contributed by atoms with E-state index < -0.39 is 18.1 Å². The first-order valence-corrected chi connectivity index (χ1v) is 10.2. The molecule has 1 aliphatic rings. The number of hydrogen-bond donors (Lipinski definition) is 2. The van der Waals surface area contributed by atoms with Crippen LogP contribution in [0.15, 0.2) is 30.3 Å². The Morgan fingerprint density at radius 3 is 2.29 bits per heavy atom. The summed E-state index contributed by atoms with van der Waals surface area (Å²) in [7, 11) is 0. The van der Waals surface area contributed by atoms with E-state index in [4.69, 9.17) is 4.74 Å². The number of amides is 2. The van der Waals surface area contributed by atoms with Gasteiger partial charge in [0.2, 0.25) is 5.91 Å². The van der Waals surface area contributed by atoms with Crippen LogP contribution in [0.2, 0.25) is 0 Å². The van der Waals surface area contributed by atoms with Crippen LogP contribution in [0, 0.1) is 5.92 Å². The molecule has 154 valence electrons. The third-order valence-corrected chi connectivity index (χ3v) is 5.06. The van der Waals surface area contributed by atoms with Crippen LogP contribution in [0.3, 0.4) is 0 Å². The lowest BCUT2D eigenvalue weighted by molar-refractivity contribution is -0.159. The molecule has 0 radical (unpaired) electrons. The Kier molecular flexibility index (Phi) is 8.48. The fourth-order valence-electron chi connectivity index (χ4n) is 3.37. The first-order valence-electron chi connectivity index (χ1n) is 10.2. The van der Waals surface area contributed by atoms with Crippen molar-refractivity contribution in [1.82, 2.24) is 10.6 Å². The highest BCUT2D eigenvalue weighted by Gasteiger charge is 2.29. The maximum atomic E-state index is 12.6. The lowest BCUT2D eigenvalue weighted by Gasteiger charge is -2.26. The smallest absolute Gasteiger partial charge is 0.329 e. The molecule has 1 fully saturated rings. The summed E-state index contributed by atoms with van der Waals surface area (Å²) in [4.78, 5) is 37.2. The maximum Gasteiger partial charge on any atom is 0.329 e. The van der Waals surface area contributed by atoms with E-state index in [1.165, 1.54) is 6.42 Å². The number of hydrogen-bond acceptors (Lipinski definition) is 4. The molecule has 6 heteroatoms. The molecule has 0 saturated heterocycles. The molecule has 2 N–H and O–H groups in total. The van der Waals surface area contributed by atoms with Crippen molar-refractivity contribution < 1.29 is 19.1 Å². The summed E-state index contributed by atoms with van der Waals surface area (Å²) in [6.07, 6.45) is 4.67. The van der Waals surface area contributed by atoms with Crippen LogP contribution in [-0.4, -0.2) is 36.0 Å². The summed E-state index contributed by atoms with van der Waals surface area (Å²) in [5.74, 6) is -1.26. The minimum absolute atomic E-state index is 0.152. The topological polar surface area (TPSA) is 84.5 Å². The second kappa shape index (κ2) is 10.8. The minimum Gasteiger partial charge on any atom is -0.451 e. The predicted octanol–water partition coefficient (Wildman–Crippen LogP) is 2.75. The van der Waals surface area contributed by atoms with E-state index in [2.05, 4.69) is 10.6 Å². The molecular weight excluding hydrogens is 356 g/mol. The van der Waals surface area contributed by atoms with Crippen LogP contribution >= 0.6 is 0 Å². The van der Waals surface area contributed by atoms with Crippen LogP contribution in [-0.2, 0) is 25.5 Å². The molecule has 2 atom stereocenters. The van der Waals surface area contributed by atoms with Crippen LogP contribution in [0.25, 0.3) is 0 Å². The van der Waals surface area contributed by atoms with Crippen molar-refractivity contribution in [3.8, 4) is 0 Å². The average Bonchev–Trinajstić information content (AvgIpc) is 2.67. The molecule has 0 aliphatic heterocycles. The summed E-state index contributed by atoms with van der Waals surface area (Å²) in [5.41, 5.74) is 0.871. The van der Waals surface area contributed by atoms with E-state index in [1.54, 1.807) is 6.92 Å². The Balaban J connectivity index is 1.86. The Morgan fingerprint density at radius 2 is 1.68 bits per heavy atom. The summed E-state index contributed by atoms with van der Waals surface area (Å²) >= 11 is 0. The van der Waals surface area contributed by atoms with E-state index in [1.807, 2.05) is 44.2 Å². The number of carbonyl (C=O) groups excluding carboxylic acids is 3. The van der Waals surface area contributed by atoms with Gasteiger partial charge in [-0.2, -0.15) is 0 Å². The van der Waals surface area contributed by atoms with Crippen LogP contribution in [0.1, 0.15) is 58.4 Å². The van der Waals surface area contributed by atoms with Gasteiger partial charge in [0.05, 0.1) is 6.42 Å². The number of rotatable bonds is 8. The normalized spacial score (nSPS) is 16.9. The molecule has 28 heavy (non-hydrogen) atoms. The van der Waals surface area contributed by atoms with Crippen molar-refractivity contribution >= 4 is 17.8 Å². The minimum atomic E-state index is -0.887. The van der Waals surface area contributed by atoms with E-state index in [0.29, 0.717) is 0 Å². The van der Waals surface area contributed by atoms with Crippen molar-refractivity contribution in [2.75, 3.05) is 0 Å². The zero-order valence-electron chi connectivity index (χ0n) is 17.1. The van der Waals surface area contributed by atoms with Gasteiger partial charge in [0.15, 0.2) is 6.10 Å². The van der Waals surface area contributed by atoms with Gasteiger partial charge in [-0.25, -0.2) is 4.79 Å². The van der Waals surface area contributed by atoms with Gasteiger partial charge >= 0.3 is 5.97 Å². The van der Waals surface area contributed by atoms with Gasteiger partial charge in [-0.3, -0.25) is 9.59 Å². The zero-order valence-corrected chi connectivity index (χ0v) is 17.1. The van der Waals surface area contributed by atoms with Gasteiger partial charge in [-0.15, -0.1) is 0 Å². The number of carbonyl (C=O) groups is 3. The maximum absolute atomic E-state index is 12.6. The summed E-state index contributed by atoms with van der Waals surface area (Å²) in [6.45, 7) is 5.24. The quantitative estimate of drug-likeness (QED) is 0.671. The lowest BCUT2D eigenvalue weighted by atomic mass is 9.95. The molecule has 1 aromatic rings. The Hall–Kier alpha value is -2.37. The highest BCUT2D eigenvalue weighted by molar-refractivity contribution is 5.88. The molecule has 0 aromatic heterocycles. The molecule has 2 amide bonds. The monoisotopic (exact) mass is 388 g/mol. The lowest BCUT2D eigenvalue weighted by Crippen LogP contribution is -2.49. The van der Waals surface area contributed by atoms with E-state index >= 15 is 0 Å². The fraction of sp³-hybridized carbons (Fsp3) is 0.591. The standard InChI is InChI=1S/C22H32N2O4/c1-15(2)20(24-19(25)14-17-10-6-4-7-11-17)22(27)28-16(3)21(26)23-18-12-8-5-9-13-18/h4,6-7,10-11,15-16,18,20H,5,8-9,12-14H2,1-3H3,(H,23,26)(H,24,25)/t16-,20-/m0/s1. The molecule has 2 rings (SSSR count). The van der Waals surface area contributed by atoms with Gasteiger partial charge in [-0.1, -0.05) is 63.4 Å². The predicted molar refractivity (Wildman–Crippen MR) is 107 cm³/mol. The Labute approximate surface area is 167 Å². The van der Waals surface area contributed by atoms with Crippen molar-refractivity contribution in [3.63, 3.8) is 0 Å². The van der Waals surface area contributed by atoms with Crippen LogP contribution in [0.4, 0.5) is 0 Å². The molecule has 1 aromatic carbocycles. The molecule has 1 aliphatic carbocycles. The SMILES string of the molecule is CC(C)[C@H](NC(=O)Cc1ccccc1)C(=O)O[C@@H](C)C(=O)NC1CCCCC1. The average molecular weight is 389 g/mol. The number of benzene rings is 1. The third kappa shape index (κ3) is 6.98. The van der Waals surface area contributed by atoms with Gasteiger partial charge in [0, 0.05) is 6.04 Å². The third-order valence-electron chi connectivity index (χ3n) is 5.06. The fourth-order valence-corrected chi connectivity index (χ4v) is 3.37. The molecule has 0 spiro atoms. The van der Waals surface area contributed by atoms with Crippen LogP contribution in [0.5, 0.6) is 0 Å². The Bertz CT molecular complexity index is 654. The zero-order chi connectivity index (χ0) is 20.5. The molecule has 0 heterocycles. The van der Waals surface area contributed by atoms with Crippen molar-refractivity contribution in [2.45, 2.75) is 77.5 Å². The highest BCUT2D eigenvalue weighted by atomic mass is 16.5. The van der Waals surface area contributed by atoms with E-state index in [0.717, 1.165) is 31.2 Å². The summed E-state index contributed by atoms with van der Waals surface area (Å²) in [5, 5.41) is 5.71. The van der Waals surface area contributed by atoms with Crippen molar-refractivity contribution in [1.29, 1.82) is 0 Å². The van der Waals surface area contributed by atoms with Crippen molar-refractivity contribution in [2.24, 2.45) is 5.92 Å². The molecule has 1 saturated carbocycles. The van der Waals surface area contributed by atoms with Gasteiger partial charge in [-0.05, 0) is 31.2 Å². The summed E-state index contributed by atoms with van der Waals surface area (Å²) < 4.78 is 5.36. The molecule has 6 nitrogen and oxygen atoms in total. The van der Waals surface area contributed by atoms with Crippen molar-refractivity contribution in [3.05, 3.63) is 35.9 Å². The number of nitrogens with one attached hydrogen (secondary N) is 2. The molecule has 0 unspecified atom stereocenters. The van der Waals surface area contributed by atoms with E-state index in [-0.39, 0.29) is 30.2 Å². The second-order valence-electron chi connectivity index (χ2n) is 7.87. The molecule has 0 bridgehead atoms.